The molecule has 3 aromatic rings. The van der Waals surface area contributed by atoms with Gasteiger partial charge in [0.2, 0.25) is 5.91 Å². The highest BCUT2D eigenvalue weighted by Gasteiger charge is 2.16. The number of likely N-dealkylation sites (N-methyl/N-ethyl adjacent to an activating group) is 1. The Kier molecular flexibility index (Phi) is 3.66. The average Bonchev–Trinajstić information content (AvgIpc) is 3.02. The fraction of sp³-hybridized carbons (Fsp3) is 0.312. The number of carbonyl (C=O) groups excluding carboxylic acids is 1. The van der Waals surface area contributed by atoms with E-state index < -0.39 is 0 Å². The van der Waals surface area contributed by atoms with E-state index in [0.29, 0.717) is 24.3 Å². The Balaban J connectivity index is 2.21. The van der Waals surface area contributed by atoms with Gasteiger partial charge in [0, 0.05) is 25.5 Å². The largest absolute Gasteiger partial charge is 0.342 e. The predicted octanol–water partition coefficient (Wildman–Crippen LogP) is 1.52. The van der Waals surface area contributed by atoms with Crippen molar-refractivity contribution in [1.29, 1.82) is 0 Å². The number of carbonyl (C=O) groups is 1. The first-order valence-electron chi connectivity index (χ1n) is 7.39. The first kappa shape index (κ1) is 14.3. The summed E-state index contributed by atoms with van der Waals surface area (Å²) in [4.78, 5) is 31.1. The van der Waals surface area contributed by atoms with Crippen LogP contribution in [-0.4, -0.2) is 37.8 Å². The van der Waals surface area contributed by atoms with Crippen LogP contribution in [0.5, 0.6) is 0 Å². The minimum atomic E-state index is -0.197. The predicted molar refractivity (Wildman–Crippen MR) is 84.9 cm³/mol. The third kappa shape index (κ3) is 2.16. The molecule has 6 heteroatoms. The number of fused-ring (bicyclic) bond motifs is 3. The number of rotatable bonds is 4. The number of nitrogens with zero attached hydrogens (tertiary/aromatic N) is 4. The zero-order chi connectivity index (χ0) is 15.7. The summed E-state index contributed by atoms with van der Waals surface area (Å²) < 4.78 is 3.27. The van der Waals surface area contributed by atoms with Crippen molar-refractivity contribution in [1.82, 2.24) is 18.9 Å². The second-order valence-electron chi connectivity index (χ2n) is 5.07. The Bertz CT molecular complexity index is 890. The molecule has 3 heterocycles. The van der Waals surface area contributed by atoms with Crippen LogP contribution in [-0.2, 0) is 11.3 Å². The molecule has 0 spiro atoms. The Morgan fingerprint density at radius 3 is 2.64 bits per heavy atom. The highest BCUT2D eigenvalue weighted by molar-refractivity contribution is 5.80. The molecule has 22 heavy (non-hydrogen) atoms. The molecule has 0 aliphatic heterocycles. The van der Waals surface area contributed by atoms with Crippen molar-refractivity contribution in [3.8, 4) is 0 Å². The number of amides is 1. The highest BCUT2D eigenvalue weighted by Crippen LogP contribution is 2.13. The lowest BCUT2D eigenvalue weighted by molar-refractivity contribution is -0.131. The lowest BCUT2D eigenvalue weighted by Gasteiger charge is -2.20. The zero-order valence-corrected chi connectivity index (χ0v) is 12.7. The fourth-order valence-corrected chi connectivity index (χ4v) is 2.74. The van der Waals surface area contributed by atoms with Gasteiger partial charge < -0.3 is 9.30 Å². The van der Waals surface area contributed by atoms with Gasteiger partial charge in [-0.2, -0.15) is 0 Å². The van der Waals surface area contributed by atoms with Crippen molar-refractivity contribution in [2.75, 3.05) is 13.1 Å². The van der Waals surface area contributed by atoms with Gasteiger partial charge in [-0.1, -0.05) is 0 Å². The highest BCUT2D eigenvalue weighted by atomic mass is 16.2. The molecule has 0 radical (unpaired) electrons. The van der Waals surface area contributed by atoms with Gasteiger partial charge in [-0.15, -0.1) is 0 Å². The van der Waals surface area contributed by atoms with Gasteiger partial charge in [-0.05, 0) is 38.1 Å². The van der Waals surface area contributed by atoms with Crippen LogP contribution in [0, 0.1) is 0 Å². The minimum Gasteiger partial charge on any atom is -0.342 e. The summed E-state index contributed by atoms with van der Waals surface area (Å²) in [5.74, 6) is -0.0741. The molecule has 0 unspecified atom stereocenters. The molecular formula is C16H18N4O2. The van der Waals surface area contributed by atoms with Crippen LogP contribution in [0.1, 0.15) is 13.8 Å². The summed E-state index contributed by atoms with van der Waals surface area (Å²) in [6.07, 6.45) is 3.47. The number of hydrogen-bond acceptors (Lipinski definition) is 3. The van der Waals surface area contributed by atoms with Crippen molar-refractivity contribution in [2.45, 2.75) is 20.4 Å². The Morgan fingerprint density at radius 2 is 1.91 bits per heavy atom. The Labute approximate surface area is 127 Å². The zero-order valence-electron chi connectivity index (χ0n) is 12.7. The Hall–Kier alpha value is -2.63. The average molecular weight is 298 g/mol. The lowest BCUT2D eigenvalue weighted by atomic mass is 10.3. The molecule has 114 valence electrons. The topological polar surface area (TPSA) is 59.6 Å². The lowest BCUT2D eigenvalue weighted by Crippen LogP contribution is -2.37. The molecule has 0 atom stereocenters. The van der Waals surface area contributed by atoms with E-state index >= 15 is 0 Å². The molecular weight excluding hydrogens is 280 g/mol. The van der Waals surface area contributed by atoms with Gasteiger partial charge in [0.05, 0.1) is 5.52 Å². The van der Waals surface area contributed by atoms with E-state index in [2.05, 4.69) is 4.98 Å². The van der Waals surface area contributed by atoms with E-state index in [1.54, 1.807) is 17.2 Å². The van der Waals surface area contributed by atoms with Crippen molar-refractivity contribution in [3.05, 3.63) is 47.0 Å². The van der Waals surface area contributed by atoms with Crippen LogP contribution in [0.15, 0.2) is 41.5 Å². The molecule has 0 bridgehead atoms. The van der Waals surface area contributed by atoms with Crippen LogP contribution in [0.3, 0.4) is 0 Å². The molecule has 0 N–H and O–H groups in total. The van der Waals surface area contributed by atoms with Crippen LogP contribution < -0.4 is 5.56 Å². The maximum absolute atomic E-state index is 12.7. The number of aromatic nitrogens is 3. The van der Waals surface area contributed by atoms with E-state index in [9.17, 15) is 9.59 Å². The van der Waals surface area contributed by atoms with Crippen LogP contribution >= 0.6 is 0 Å². The number of pyridine rings is 1. The van der Waals surface area contributed by atoms with Crippen LogP contribution in [0.4, 0.5) is 0 Å². The second-order valence-corrected chi connectivity index (χ2v) is 5.07. The standard InChI is InChI=1S/C16H18N4O2/c1-3-18(4-2)14(21)11-20-15-12(7-5-9-17-15)19-10-6-8-13(19)16(20)22/h5-10H,3-4,11H2,1-2H3. The maximum atomic E-state index is 12.7. The molecule has 0 aliphatic carbocycles. The molecule has 3 aromatic heterocycles. The third-order valence-electron chi connectivity index (χ3n) is 3.90. The molecule has 0 aromatic carbocycles. The normalized spacial score (nSPS) is 11.2. The third-order valence-corrected chi connectivity index (χ3v) is 3.90. The van der Waals surface area contributed by atoms with E-state index in [4.69, 9.17) is 0 Å². The molecule has 0 fully saturated rings. The van der Waals surface area contributed by atoms with Gasteiger partial charge in [0.1, 0.15) is 12.1 Å². The second kappa shape index (κ2) is 5.63. The van der Waals surface area contributed by atoms with Crippen molar-refractivity contribution < 1.29 is 4.79 Å². The molecule has 3 rings (SSSR count). The van der Waals surface area contributed by atoms with Crippen molar-refractivity contribution in [3.63, 3.8) is 0 Å². The summed E-state index contributed by atoms with van der Waals surface area (Å²) in [6.45, 7) is 5.12. The quantitative estimate of drug-likeness (QED) is 0.733. The summed E-state index contributed by atoms with van der Waals surface area (Å²) in [5.41, 5.74) is 1.69. The minimum absolute atomic E-state index is 0.00963. The smallest absolute Gasteiger partial charge is 0.276 e. The van der Waals surface area contributed by atoms with E-state index in [-0.39, 0.29) is 18.0 Å². The summed E-state index contributed by atoms with van der Waals surface area (Å²) in [6, 6.07) is 7.29. The van der Waals surface area contributed by atoms with Gasteiger partial charge in [-0.3, -0.25) is 14.2 Å². The van der Waals surface area contributed by atoms with Gasteiger partial charge in [-0.25, -0.2) is 4.98 Å². The van der Waals surface area contributed by atoms with Crippen molar-refractivity contribution in [2.24, 2.45) is 0 Å². The molecule has 0 saturated carbocycles. The molecule has 6 nitrogen and oxygen atoms in total. The SMILES string of the molecule is CCN(CC)C(=O)Cn1c(=O)c2cccn2c2cccnc21. The van der Waals surface area contributed by atoms with E-state index in [1.807, 2.05) is 42.6 Å². The first-order valence-corrected chi connectivity index (χ1v) is 7.39. The first-order chi connectivity index (χ1) is 10.7. The summed E-state index contributed by atoms with van der Waals surface area (Å²) in [7, 11) is 0. The monoisotopic (exact) mass is 298 g/mol. The van der Waals surface area contributed by atoms with Gasteiger partial charge >= 0.3 is 0 Å². The van der Waals surface area contributed by atoms with Crippen LogP contribution in [0.25, 0.3) is 16.7 Å². The summed E-state index contributed by atoms with van der Waals surface area (Å²) in [5, 5.41) is 0. The molecule has 1 amide bonds. The fourth-order valence-electron chi connectivity index (χ4n) is 2.74. The molecule has 0 aliphatic rings. The molecule has 0 saturated heterocycles. The van der Waals surface area contributed by atoms with Crippen LogP contribution in [0.2, 0.25) is 0 Å². The number of hydrogen-bond donors (Lipinski definition) is 0. The van der Waals surface area contributed by atoms with Gasteiger partial charge in [0.25, 0.3) is 5.56 Å². The summed E-state index contributed by atoms with van der Waals surface area (Å²) >= 11 is 0. The van der Waals surface area contributed by atoms with E-state index in [1.165, 1.54) is 4.57 Å². The maximum Gasteiger partial charge on any atom is 0.276 e. The van der Waals surface area contributed by atoms with Gasteiger partial charge in [0.15, 0.2) is 5.65 Å². The van der Waals surface area contributed by atoms with E-state index in [0.717, 1.165) is 5.52 Å². The van der Waals surface area contributed by atoms with Crippen molar-refractivity contribution >= 4 is 22.6 Å². The Morgan fingerprint density at radius 1 is 1.18 bits per heavy atom.